The highest BCUT2D eigenvalue weighted by molar-refractivity contribution is 5.92. The van der Waals surface area contributed by atoms with E-state index in [4.69, 9.17) is 4.74 Å². The van der Waals surface area contributed by atoms with Crippen LogP contribution in [0.2, 0.25) is 0 Å². The summed E-state index contributed by atoms with van der Waals surface area (Å²) in [6, 6.07) is 13.3. The van der Waals surface area contributed by atoms with Crippen molar-refractivity contribution in [2.75, 3.05) is 20.3 Å². The van der Waals surface area contributed by atoms with Crippen molar-refractivity contribution >= 4 is 16.9 Å². The minimum Gasteiger partial charge on any atom is -0.383 e. The number of imidazole rings is 1. The largest absolute Gasteiger partial charge is 0.383 e. The third kappa shape index (κ3) is 3.60. The Balaban J connectivity index is 1.69. The van der Waals surface area contributed by atoms with Crippen molar-refractivity contribution < 1.29 is 9.53 Å². The molecule has 0 unspecified atom stereocenters. The van der Waals surface area contributed by atoms with Gasteiger partial charge < -0.3 is 14.6 Å². The number of ether oxygens (including phenoxy) is 1. The van der Waals surface area contributed by atoms with Crippen molar-refractivity contribution in [1.82, 2.24) is 19.9 Å². The molecule has 0 bridgehead atoms. The summed E-state index contributed by atoms with van der Waals surface area (Å²) < 4.78 is 7.34. The number of hydrogen-bond acceptors (Lipinski definition) is 4. The molecule has 6 heteroatoms. The molecule has 1 aromatic carbocycles. The van der Waals surface area contributed by atoms with Crippen molar-refractivity contribution in [3.8, 4) is 0 Å². The van der Waals surface area contributed by atoms with E-state index in [1.54, 1.807) is 31.5 Å². The first-order chi connectivity index (χ1) is 11.8. The van der Waals surface area contributed by atoms with Crippen molar-refractivity contribution in [2.24, 2.45) is 0 Å². The van der Waals surface area contributed by atoms with Crippen LogP contribution < -0.4 is 5.32 Å². The lowest BCUT2D eigenvalue weighted by Crippen LogP contribution is -2.27. The molecule has 3 rings (SSSR count). The Hall–Kier alpha value is -2.73. The number of nitrogens with one attached hydrogen (secondary N) is 1. The number of rotatable bonds is 7. The summed E-state index contributed by atoms with van der Waals surface area (Å²) in [7, 11) is 1.69. The number of fused-ring (bicyclic) bond motifs is 1. The van der Waals surface area contributed by atoms with Gasteiger partial charge in [-0.25, -0.2) is 4.98 Å². The standard InChI is InChI=1S/C18H20N4O2/c1-24-13-12-22-16-8-3-2-6-14(16)21-17(22)9-11-20-18(23)15-7-4-5-10-19-15/h2-8,10H,9,11-13H2,1H3,(H,20,23). The van der Waals surface area contributed by atoms with Crippen molar-refractivity contribution in [1.29, 1.82) is 0 Å². The van der Waals surface area contributed by atoms with Gasteiger partial charge >= 0.3 is 0 Å². The Morgan fingerprint density at radius 2 is 2.04 bits per heavy atom. The first-order valence-electron chi connectivity index (χ1n) is 7.92. The zero-order chi connectivity index (χ0) is 16.8. The summed E-state index contributed by atoms with van der Waals surface area (Å²) in [5.74, 6) is 0.768. The monoisotopic (exact) mass is 324 g/mol. The molecule has 0 aliphatic heterocycles. The summed E-state index contributed by atoms with van der Waals surface area (Å²) in [6.07, 6.45) is 2.26. The van der Waals surface area contributed by atoms with Crippen LogP contribution in [-0.4, -0.2) is 40.7 Å². The van der Waals surface area contributed by atoms with E-state index in [0.29, 0.717) is 25.3 Å². The van der Waals surface area contributed by atoms with E-state index in [0.717, 1.165) is 23.4 Å². The number of pyridine rings is 1. The van der Waals surface area contributed by atoms with Gasteiger partial charge in [-0.15, -0.1) is 0 Å². The normalized spacial score (nSPS) is 10.9. The quantitative estimate of drug-likeness (QED) is 0.722. The molecule has 0 atom stereocenters. The number of carbonyl (C=O) groups is 1. The Kier molecular flexibility index (Phi) is 5.18. The lowest BCUT2D eigenvalue weighted by atomic mass is 10.3. The number of aromatic nitrogens is 3. The molecule has 1 N–H and O–H groups in total. The van der Waals surface area contributed by atoms with Gasteiger partial charge in [0, 0.05) is 32.8 Å². The van der Waals surface area contributed by atoms with E-state index >= 15 is 0 Å². The second-order valence-electron chi connectivity index (χ2n) is 5.38. The predicted molar refractivity (Wildman–Crippen MR) is 91.9 cm³/mol. The van der Waals surface area contributed by atoms with Gasteiger partial charge in [-0.3, -0.25) is 9.78 Å². The third-order valence-corrected chi connectivity index (χ3v) is 3.78. The zero-order valence-electron chi connectivity index (χ0n) is 13.6. The maximum atomic E-state index is 12.0. The number of hydrogen-bond donors (Lipinski definition) is 1. The van der Waals surface area contributed by atoms with Gasteiger partial charge in [-0.05, 0) is 24.3 Å². The van der Waals surface area contributed by atoms with Gasteiger partial charge in [-0.2, -0.15) is 0 Å². The summed E-state index contributed by atoms with van der Waals surface area (Å²) in [6.45, 7) is 1.86. The molecule has 0 saturated heterocycles. The summed E-state index contributed by atoms with van der Waals surface area (Å²) >= 11 is 0. The fraction of sp³-hybridized carbons (Fsp3) is 0.278. The Labute approximate surface area is 140 Å². The SMILES string of the molecule is COCCn1c(CCNC(=O)c2ccccn2)nc2ccccc21. The average Bonchev–Trinajstić information content (AvgIpc) is 2.98. The number of amides is 1. The summed E-state index contributed by atoms with van der Waals surface area (Å²) in [5, 5.41) is 2.89. The second kappa shape index (κ2) is 7.70. The smallest absolute Gasteiger partial charge is 0.269 e. The van der Waals surface area contributed by atoms with Crippen LogP contribution in [0.4, 0.5) is 0 Å². The van der Waals surface area contributed by atoms with Gasteiger partial charge in [0.2, 0.25) is 0 Å². The number of methoxy groups -OCH3 is 1. The topological polar surface area (TPSA) is 69.0 Å². The van der Waals surface area contributed by atoms with Crippen molar-refractivity contribution in [3.63, 3.8) is 0 Å². The highest BCUT2D eigenvalue weighted by Crippen LogP contribution is 2.16. The number of para-hydroxylation sites is 2. The second-order valence-corrected chi connectivity index (χ2v) is 5.38. The predicted octanol–water partition coefficient (Wildman–Crippen LogP) is 2.05. The Bertz CT molecular complexity index is 814. The molecule has 2 heterocycles. The van der Waals surface area contributed by atoms with E-state index in [9.17, 15) is 4.79 Å². The van der Waals surface area contributed by atoms with E-state index in [1.807, 2.05) is 24.3 Å². The van der Waals surface area contributed by atoms with Crippen LogP contribution in [0.1, 0.15) is 16.3 Å². The fourth-order valence-electron chi connectivity index (χ4n) is 2.62. The molecule has 2 aromatic heterocycles. The van der Waals surface area contributed by atoms with Crippen LogP contribution in [0.15, 0.2) is 48.7 Å². The van der Waals surface area contributed by atoms with Gasteiger partial charge in [0.1, 0.15) is 11.5 Å². The maximum absolute atomic E-state index is 12.0. The molecule has 0 saturated carbocycles. The van der Waals surface area contributed by atoms with Crippen LogP contribution in [0, 0.1) is 0 Å². The number of benzene rings is 1. The van der Waals surface area contributed by atoms with Gasteiger partial charge in [0.25, 0.3) is 5.91 Å². The van der Waals surface area contributed by atoms with Crippen LogP contribution in [0.5, 0.6) is 0 Å². The van der Waals surface area contributed by atoms with Gasteiger partial charge in [-0.1, -0.05) is 18.2 Å². The Morgan fingerprint density at radius 3 is 2.83 bits per heavy atom. The van der Waals surface area contributed by atoms with Gasteiger partial charge in [0.05, 0.1) is 17.6 Å². The summed E-state index contributed by atoms with van der Waals surface area (Å²) in [5.41, 5.74) is 2.46. The van der Waals surface area contributed by atoms with Crippen LogP contribution in [-0.2, 0) is 17.7 Å². The number of carbonyl (C=O) groups excluding carboxylic acids is 1. The molecule has 24 heavy (non-hydrogen) atoms. The molecule has 0 spiro atoms. The third-order valence-electron chi connectivity index (χ3n) is 3.78. The maximum Gasteiger partial charge on any atom is 0.269 e. The van der Waals surface area contributed by atoms with Gasteiger partial charge in [0.15, 0.2) is 0 Å². The molecule has 6 nitrogen and oxygen atoms in total. The first-order valence-corrected chi connectivity index (χ1v) is 7.92. The van der Waals surface area contributed by atoms with Crippen LogP contribution >= 0.6 is 0 Å². The molecule has 1 amide bonds. The van der Waals surface area contributed by atoms with Crippen molar-refractivity contribution in [3.05, 3.63) is 60.2 Å². The lowest BCUT2D eigenvalue weighted by molar-refractivity contribution is 0.0949. The van der Waals surface area contributed by atoms with E-state index in [-0.39, 0.29) is 5.91 Å². The van der Waals surface area contributed by atoms with E-state index < -0.39 is 0 Å². The zero-order valence-corrected chi connectivity index (χ0v) is 13.6. The highest BCUT2D eigenvalue weighted by atomic mass is 16.5. The average molecular weight is 324 g/mol. The van der Waals surface area contributed by atoms with E-state index in [1.165, 1.54) is 0 Å². The molecular weight excluding hydrogens is 304 g/mol. The first kappa shape index (κ1) is 16.1. The number of nitrogens with zero attached hydrogens (tertiary/aromatic N) is 3. The molecule has 124 valence electrons. The summed E-state index contributed by atoms with van der Waals surface area (Å²) in [4.78, 5) is 20.8. The minimum atomic E-state index is -0.171. The molecular formula is C18H20N4O2. The van der Waals surface area contributed by atoms with E-state index in [2.05, 4.69) is 19.9 Å². The van der Waals surface area contributed by atoms with Crippen LogP contribution in [0.3, 0.4) is 0 Å². The highest BCUT2D eigenvalue weighted by Gasteiger charge is 2.11. The van der Waals surface area contributed by atoms with Crippen molar-refractivity contribution in [2.45, 2.75) is 13.0 Å². The fourth-order valence-corrected chi connectivity index (χ4v) is 2.62. The molecule has 3 aromatic rings. The molecule has 0 aliphatic carbocycles. The molecule has 0 aliphatic rings. The lowest BCUT2D eigenvalue weighted by Gasteiger charge is -2.09. The Morgan fingerprint density at radius 1 is 1.21 bits per heavy atom. The molecule has 0 fully saturated rings. The minimum absolute atomic E-state index is 0.171. The molecule has 0 radical (unpaired) electrons. The van der Waals surface area contributed by atoms with Crippen LogP contribution in [0.25, 0.3) is 11.0 Å².